The maximum atomic E-state index is 5.37. The molecule has 82 heavy (non-hydrogen) atoms. The first-order chi connectivity index (χ1) is 40.4. The van der Waals surface area contributed by atoms with Crippen LogP contribution in [0.25, 0.3) is 66.8 Å². The lowest BCUT2D eigenvalue weighted by atomic mass is 9.86. The summed E-state index contributed by atoms with van der Waals surface area (Å²) in [5.74, 6) is 0. The molecule has 0 bridgehead atoms. The minimum atomic E-state index is 0.933. The van der Waals surface area contributed by atoms with Gasteiger partial charge in [0.1, 0.15) is 0 Å². The topological polar surface area (TPSA) is 77.4 Å². The van der Waals surface area contributed by atoms with E-state index in [1.165, 1.54) is 0 Å². The van der Waals surface area contributed by atoms with Crippen molar-refractivity contribution in [2.45, 2.75) is 20.8 Å². The highest BCUT2D eigenvalue weighted by Crippen LogP contribution is 2.57. The molecule has 0 radical (unpaired) electrons. The zero-order valence-electron chi connectivity index (χ0n) is 44.9. The summed E-state index contributed by atoms with van der Waals surface area (Å²) in [6.45, 7) is 6.72. The van der Waals surface area contributed by atoms with Crippen LogP contribution >= 0.6 is 0 Å². The lowest BCUT2D eigenvalue weighted by Gasteiger charge is -2.33. The normalized spacial score (nSPS) is 12.9. The molecule has 0 aromatic heterocycles. The number of para-hydroxylation sites is 6. The molecule has 12 aromatic rings. The summed E-state index contributed by atoms with van der Waals surface area (Å²) in [4.78, 5) is 34.8. The third-order valence-electron chi connectivity index (χ3n) is 17.6. The summed E-state index contributed by atoms with van der Waals surface area (Å²) in [7, 11) is 0. The first kappa shape index (κ1) is 45.1. The van der Waals surface area contributed by atoms with E-state index in [4.69, 9.17) is 30.0 Å². The molecule has 0 aliphatic carbocycles. The lowest BCUT2D eigenvalue weighted by Crippen LogP contribution is -2.14. The third kappa shape index (κ3) is 6.14. The minimum absolute atomic E-state index is 0.933. The van der Waals surface area contributed by atoms with Crippen molar-refractivity contribution in [2.75, 3.05) is 4.90 Å². The van der Waals surface area contributed by atoms with Crippen LogP contribution in [0.3, 0.4) is 0 Å². The van der Waals surface area contributed by atoms with Crippen molar-refractivity contribution in [3.8, 4) is 66.8 Å². The molecule has 380 valence electrons. The van der Waals surface area contributed by atoms with Gasteiger partial charge in [-0.15, -0.1) is 0 Å². The van der Waals surface area contributed by atoms with Gasteiger partial charge < -0.3 is 4.90 Å². The summed E-state index contributed by atoms with van der Waals surface area (Å²) >= 11 is 0. The van der Waals surface area contributed by atoms with Gasteiger partial charge in [0.15, 0.2) is 0 Å². The fourth-order valence-electron chi connectivity index (χ4n) is 14.1. The average molecular weight is 1040 g/mol. The molecule has 0 spiro atoms. The highest BCUT2D eigenvalue weighted by molar-refractivity contribution is 6.09. The van der Waals surface area contributed by atoms with Crippen molar-refractivity contribution in [3.05, 3.63) is 299 Å². The van der Waals surface area contributed by atoms with Crippen LogP contribution in [-0.4, -0.2) is 0 Å². The van der Waals surface area contributed by atoms with Gasteiger partial charge in [-0.3, -0.25) is 0 Å². The van der Waals surface area contributed by atoms with Gasteiger partial charge in [0.2, 0.25) is 0 Å². The molecule has 7 nitrogen and oxygen atoms in total. The second-order valence-electron chi connectivity index (χ2n) is 22.1. The van der Waals surface area contributed by atoms with Gasteiger partial charge in [-0.05, 0) is 145 Å². The van der Waals surface area contributed by atoms with Crippen molar-refractivity contribution in [1.29, 1.82) is 0 Å². The Morgan fingerprint density at radius 2 is 0.512 bits per heavy atom. The van der Waals surface area contributed by atoms with Crippen LogP contribution in [0.1, 0.15) is 16.7 Å². The molecule has 0 fully saturated rings. The number of nitrogens with zero attached hydrogens (tertiary/aromatic N) is 7. The lowest BCUT2D eigenvalue weighted by molar-refractivity contribution is 1.27. The van der Waals surface area contributed by atoms with Gasteiger partial charge >= 0.3 is 0 Å². The Bertz CT molecular complexity index is 5200. The van der Waals surface area contributed by atoms with Crippen LogP contribution in [0, 0.1) is 52.1 Å². The van der Waals surface area contributed by atoms with E-state index < -0.39 is 0 Å². The van der Waals surface area contributed by atoms with Crippen molar-refractivity contribution in [3.63, 3.8) is 0 Å². The van der Waals surface area contributed by atoms with E-state index in [2.05, 4.69) is 244 Å². The zero-order chi connectivity index (χ0) is 54.1. The largest absolute Gasteiger partial charge is 0.309 e. The van der Waals surface area contributed by atoms with Crippen molar-refractivity contribution < 1.29 is 0 Å². The van der Waals surface area contributed by atoms with Gasteiger partial charge in [0.05, 0.1) is 83.3 Å². The maximum absolute atomic E-state index is 5.37. The number of hydrogen-bond acceptors (Lipinski definition) is 7. The molecular weight excluding hydrogens is 999 g/mol. The molecule has 0 amide bonds. The van der Waals surface area contributed by atoms with Crippen LogP contribution < -0.4 is 37.0 Å². The molecule has 18 rings (SSSR count). The third-order valence-corrected chi connectivity index (χ3v) is 17.6. The Balaban J connectivity index is 0.929. The predicted octanol–water partition coefficient (Wildman–Crippen LogP) is 15.5. The van der Waals surface area contributed by atoms with E-state index in [1.54, 1.807) is 0 Å². The van der Waals surface area contributed by atoms with Gasteiger partial charge in [0.25, 0.3) is 0 Å². The molecule has 12 aromatic carbocycles. The maximum Gasteiger partial charge on any atom is 0.0817 e. The van der Waals surface area contributed by atoms with Crippen molar-refractivity contribution >= 4 is 51.2 Å². The predicted molar refractivity (Wildman–Crippen MR) is 325 cm³/mol. The van der Waals surface area contributed by atoms with Gasteiger partial charge in [-0.1, -0.05) is 127 Å². The molecule has 0 atom stereocenters. The molecule has 6 aliphatic rings. The van der Waals surface area contributed by atoms with Crippen LogP contribution in [0.2, 0.25) is 0 Å². The molecular formula is C75H45N7. The smallest absolute Gasteiger partial charge is 0.0817 e. The molecule has 0 saturated carbocycles. The fraction of sp³-hybridized carbons (Fsp3) is 0.0400. The Kier molecular flexibility index (Phi) is 9.16. The molecule has 7 heteroatoms. The quantitative estimate of drug-likeness (QED) is 0.163. The van der Waals surface area contributed by atoms with E-state index in [1.807, 2.05) is 0 Å². The van der Waals surface area contributed by atoms with Crippen LogP contribution in [0.4, 0.5) is 51.2 Å². The summed E-state index contributed by atoms with van der Waals surface area (Å²) in [5, 5.41) is 12.6. The first-order valence-electron chi connectivity index (χ1n) is 28.0. The molecule has 0 unspecified atom stereocenters. The summed E-state index contributed by atoms with van der Waals surface area (Å²) in [6.07, 6.45) is 0. The summed E-state index contributed by atoms with van der Waals surface area (Å²) in [6, 6.07) is 78.7. The Morgan fingerprint density at radius 3 is 0.841 bits per heavy atom. The Labute approximate surface area is 469 Å². The molecule has 0 saturated heterocycles. The number of rotatable bonds is 6. The Hall–Kier alpha value is -10.8. The van der Waals surface area contributed by atoms with Crippen LogP contribution in [0.5, 0.6) is 0 Å². The fourth-order valence-corrected chi connectivity index (χ4v) is 14.1. The van der Waals surface area contributed by atoms with Crippen LogP contribution in [0.15, 0.2) is 248 Å². The highest BCUT2D eigenvalue weighted by atomic mass is 15.2. The van der Waals surface area contributed by atoms with E-state index in [9.17, 15) is 0 Å². The second kappa shape index (κ2) is 16.6. The zero-order valence-corrected chi connectivity index (χ0v) is 44.9. The van der Waals surface area contributed by atoms with E-state index in [0.29, 0.717) is 0 Å². The number of benzene rings is 12. The Morgan fingerprint density at radius 1 is 0.220 bits per heavy atom. The number of aryl methyl sites for hydroxylation is 3. The van der Waals surface area contributed by atoms with Gasteiger partial charge in [-0.2, -0.15) is 0 Å². The summed E-state index contributed by atoms with van der Waals surface area (Å²) in [5.41, 5.74) is 25.3. The number of fused-ring (bicyclic) bond motifs is 18. The molecule has 6 aliphatic heterocycles. The number of anilines is 3. The van der Waals surface area contributed by atoms with E-state index in [0.717, 1.165) is 198 Å². The second-order valence-corrected chi connectivity index (χ2v) is 22.1. The standard InChI is InChI=1S/C75H45N7/c1-40-28-34-55-67(70-58(76-55)37-31-46-43-16-4-10-22-52(43)79-73(46)70)64(40)49-19-7-13-25-61(49)82(62-26-14-8-20-50(62)65-41(2)29-35-56-68(65)71-59(77-56)38-32-47-44-17-5-11-23-53(44)80-74(47)71)63-27-15-9-21-51(63)66-42(3)30-36-57-69(66)72-60(78-57)39-33-48-45-18-6-12-24-54(45)81-75(48)72/h4-39H,1-3H3. The minimum Gasteiger partial charge on any atom is -0.309 e. The van der Waals surface area contributed by atoms with Crippen molar-refractivity contribution in [2.24, 2.45) is 30.0 Å². The summed E-state index contributed by atoms with van der Waals surface area (Å²) < 4.78 is 0. The van der Waals surface area contributed by atoms with Crippen molar-refractivity contribution in [1.82, 2.24) is 0 Å². The molecule has 0 N–H and O–H groups in total. The van der Waals surface area contributed by atoms with E-state index >= 15 is 0 Å². The van der Waals surface area contributed by atoms with Gasteiger partial charge in [0, 0.05) is 81.4 Å². The molecule has 6 heterocycles. The first-order valence-corrected chi connectivity index (χ1v) is 28.0. The monoisotopic (exact) mass is 1040 g/mol. The number of hydrogen-bond donors (Lipinski definition) is 0. The average Bonchev–Trinajstić information content (AvgIpc) is 3.33. The SMILES string of the molecule is Cc1ccc2c(c1-c1ccccc1N(c1ccccc1-c1c(C)ccc3c1-c1c4c(ccc1=N3)=c1ccccc1=N4)c1ccccc1-c1c(C)ccc3c1-c1c4c(ccc1=N3)=c1ccccc1=N4)-c1c3c(ccc1=N2)=c1ccccc1=N3. The van der Waals surface area contributed by atoms with E-state index in [-0.39, 0.29) is 0 Å². The van der Waals surface area contributed by atoms with Gasteiger partial charge in [-0.25, -0.2) is 30.0 Å². The highest BCUT2D eigenvalue weighted by Gasteiger charge is 2.33. The van der Waals surface area contributed by atoms with Crippen LogP contribution in [-0.2, 0) is 0 Å².